The van der Waals surface area contributed by atoms with Gasteiger partial charge in [0.2, 0.25) is 5.91 Å². The molecule has 5 heteroatoms. The summed E-state index contributed by atoms with van der Waals surface area (Å²) >= 11 is 0. The second-order valence-corrected chi connectivity index (χ2v) is 6.48. The first-order valence-corrected chi connectivity index (χ1v) is 8.22. The zero-order valence-corrected chi connectivity index (χ0v) is 14.2. The minimum absolute atomic E-state index is 0.286. The van der Waals surface area contributed by atoms with Crippen LogP contribution in [0.2, 0.25) is 0 Å². The van der Waals surface area contributed by atoms with E-state index in [0.29, 0.717) is 25.0 Å². The summed E-state index contributed by atoms with van der Waals surface area (Å²) < 4.78 is 0. The van der Waals surface area contributed by atoms with Crippen LogP contribution in [0.3, 0.4) is 0 Å². The first kappa shape index (κ1) is 17.5. The Bertz CT molecular complexity index is 546. The molecule has 1 aliphatic rings. The molecule has 1 fully saturated rings. The molecular weight excluding hydrogens is 292 g/mol. The number of amides is 1. The Morgan fingerprint density at radius 1 is 1.00 bits per heavy atom. The van der Waals surface area contributed by atoms with Crippen molar-refractivity contribution in [2.24, 2.45) is 0 Å². The average Bonchev–Trinajstić information content (AvgIpc) is 2.53. The van der Waals surface area contributed by atoms with Gasteiger partial charge in [0.05, 0.1) is 0 Å². The molecule has 1 atom stereocenters. The monoisotopic (exact) mass is 318 g/mol. The lowest BCUT2D eigenvalue weighted by Gasteiger charge is -2.38. The number of piperazine rings is 1. The molecule has 1 unspecified atom stereocenters. The zero-order chi connectivity index (χ0) is 17.0. The SMILES string of the molecule is CC(C)c1ccc(C(C)N2CCN(C(=O)CC(=O)O)CC2)cc1. The van der Waals surface area contributed by atoms with E-state index in [4.69, 9.17) is 5.11 Å². The van der Waals surface area contributed by atoms with Crippen molar-refractivity contribution in [2.45, 2.75) is 39.2 Å². The normalized spacial score (nSPS) is 17.3. The molecule has 23 heavy (non-hydrogen) atoms. The Balaban J connectivity index is 1.91. The van der Waals surface area contributed by atoms with Gasteiger partial charge >= 0.3 is 5.97 Å². The van der Waals surface area contributed by atoms with Crippen molar-refractivity contribution in [3.8, 4) is 0 Å². The second kappa shape index (κ2) is 7.59. The Morgan fingerprint density at radius 3 is 2.00 bits per heavy atom. The van der Waals surface area contributed by atoms with Gasteiger partial charge < -0.3 is 10.0 Å². The van der Waals surface area contributed by atoms with Crippen LogP contribution in [-0.4, -0.2) is 53.0 Å². The summed E-state index contributed by atoms with van der Waals surface area (Å²) in [5.41, 5.74) is 2.62. The number of carbonyl (C=O) groups is 2. The van der Waals surface area contributed by atoms with Crippen molar-refractivity contribution in [3.05, 3.63) is 35.4 Å². The van der Waals surface area contributed by atoms with Crippen molar-refractivity contribution >= 4 is 11.9 Å². The predicted octanol–water partition coefficient (Wildman–Crippen LogP) is 2.49. The molecule has 126 valence electrons. The molecule has 2 rings (SSSR count). The van der Waals surface area contributed by atoms with Gasteiger partial charge in [-0.15, -0.1) is 0 Å². The number of hydrogen-bond donors (Lipinski definition) is 1. The number of carbonyl (C=O) groups excluding carboxylic acids is 1. The maximum atomic E-state index is 11.8. The molecule has 0 radical (unpaired) electrons. The highest BCUT2D eigenvalue weighted by Gasteiger charge is 2.25. The van der Waals surface area contributed by atoms with E-state index in [0.717, 1.165) is 13.1 Å². The number of nitrogens with zero attached hydrogens (tertiary/aromatic N) is 2. The Labute approximate surface area is 137 Å². The highest BCUT2D eigenvalue weighted by atomic mass is 16.4. The van der Waals surface area contributed by atoms with Gasteiger partial charge in [0.25, 0.3) is 0 Å². The minimum atomic E-state index is -1.06. The first-order valence-electron chi connectivity index (χ1n) is 8.22. The Hall–Kier alpha value is -1.88. The van der Waals surface area contributed by atoms with E-state index in [1.807, 2.05) is 0 Å². The molecular formula is C18H26N2O3. The van der Waals surface area contributed by atoms with Crippen LogP contribution in [0.5, 0.6) is 0 Å². The van der Waals surface area contributed by atoms with Crippen LogP contribution in [0.1, 0.15) is 50.3 Å². The summed E-state index contributed by atoms with van der Waals surface area (Å²) in [4.78, 5) is 26.4. The van der Waals surface area contributed by atoms with Crippen molar-refractivity contribution in [2.75, 3.05) is 26.2 Å². The number of carboxylic acid groups (broad SMARTS) is 1. The van der Waals surface area contributed by atoms with Crippen LogP contribution in [0.15, 0.2) is 24.3 Å². The molecule has 1 aromatic rings. The van der Waals surface area contributed by atoms with Gasteiger partial charge in [-0.05, 0) is 24.0 Å². The molecule has 1 heterocycles. The van der Waals surface area contributed by atoms with Crippen LogP contribution in [0.4, 0.5) is 0 Å². The summed E-state index contributed by atoms with van der Waals surface area (Å²) in [6, 6.07) is 9.03. The zero-order valence-electron chi connectivity index (χ0n) is 14.2. The van der Waals surface area contributed by atoms with Crippen molar-refractivity contribution in [3.63, 3.8) is 0 Å². The van der Waals surface area contributed by atoms with E-state index in [1.54, 1.807) is 4.90 Å². The highest BCUT2D eigenvalue weighted by molar-refractivity contribution is 5.93. The lowest BCUT2D eigenvalue weighted by atomic mass is 9.99. The molecule has 0 spiro atoms. The Kier molecular flexibility index (Phi) is 5.77. The molecule has 0 saturated carbocycles. The minimum Gasteiger partial charge on any atom is -0.481 e. The van der Waals surface area contributed by atoms with Crippen molar-refractivity contribution in [1.29, 1.82) is 0 Å². The number of hydrogen-bond acceptors (Lipinski definition) is 3. The summed E-state index contributed by atoms with van der Waals surface area (Å²) in [6.45, 7) is 9.30. The lowest BCUT2D eigenvalue weighted by Crippen LogP contribution is -2.49. The van der Waals surface area contributed by atoms with Crippen molar-refractivity contribution < 1.29 is 14.7 Å². The number of benzene rings is 1. The number of aliphatic carboxylic acids is 1. The molecule has 1 aromatic carbocycles. The molecule has 0 aliphatic carbocycles. The maximum absolute atomic E-state index is 11.8. The van der Waals surface area contributed by atoms with E-state index in [2.05, 4.69) is 49.9 Å². The van der Waals surface area contributed by atoms with E-state index in [-0.39, 0.29) is 5.91 Å². The van der Waals surface area contributed by atoms with Crippen molar-refractivity contribution in [1.82, 2.24) is 9.80 Å². The largest absolute Gasteiger partial charge is 0.481 e. The third-order valence-corrected chi connectivity index (χ3v) is 4.60. The molecule has 1 aliphatic heterocycles. The number of carboxylic acids is 1. The van der Waals surface area contributed by atoms with E-state index in [9.17, 15) is 9.59 Å². The maximum Gasteiger partial charge on any atom is 0.312 e. The van der Waals surface area contributed by atoms with Crippen LogP contribution < -0.4 is 0 Å². The van der Waals surface area contributed by atoms with Gasteiger partial charge in [0.1, 0.15) is 6.42 Å². The Morgan fingerprint density at radius 2 is 1.52 bits per heavy atom. The lowest BCUT2D eigenvalue weighted by molar-refractivity contribution is -0.145. The van der Waals surface area contributed by atoms with Gasteiger partial charge in [0.15, 0.2) is 0 Å². The quantitative estimate of drug-likeness (QED) is 0.847. The fraction of sp³-hybridized carbons (Fsp3) is 0.556. The van der Waals surface area contributed by atoms with E-state index >= 15 is 0 Å². The first-order chi connectivity index (χ1) is 10.9. The van der Waals surface area contributed by atoms with Gasteiger partial charge in [0, 0.05) is 32.2 Å². The molecule has 1 amide bonds. The molecule has 5 nitrogen and oxygen atoms in total. The predicted molar refractivity (Wildman–Crippen MR) is 89.4 cm³/mol. The summed E-state index contributed by atoms with van der Waals surface area (Å²) in [6.07, 6.45) is -0.410. The van der Waals surface area contributed by atoms with Gasteiger partial charge in [-0.2, -0.15) is 0 Å². The van der Waals surface area contributed by atoms with Crippen LogP contribution in [0, 0.1) is 0 Å². The second-order valence-electron chi connectivity index (χ2n) is 6.48. The third-order valence-electron chi connectivity index (χ3n) is 4.60. The standard InChI is InChI=1S/C18H26N2O3/c1-13(2)15-4-6-16(7-5-15)14(3)19-8-10-20(11-9-19)17(21)12-18(22)23/h4-7,13-14H,8-12H2,1-3H3,(H,22,23). The van der Waals surface area contributed by atoms with Crippen LogP contribution >= 0.6 is 0 Å². The average molecular weight is 318 g/mol. The summed E-state index contributed by atoms with van der Waals surface area (Å²) in [5.74, 6) is -0.815. The fourth-order valence-electron chi connectivity index (χ4n) is 2.97. The van der Waals surface area contributed by atoms with Gasteiger partial charge in [-0.1, -0.05) is 38.1 Å². The van der Waals surface area contributed by atoms with Crippen LogP contribution in [-0.2, 0) is 9.59 Å². The van der Waals surface area contributed by atoms with E-state index in [1.165, 1.54) is 11.1 Å². The van der Waals surface area contributed by atoms with Gasteiger partial charge in [-0.25, -0.2) is 0 Å². The fourth-order valence-corrected chi connectivity index (χ4v) is 2.97. The summed E-state index contributed by atoms with van der Waals surface area (Å²) in [7, 11) is 0. The van der Waals surface area contributed by atoms with Crippen LogP contribution in [0.25, 0.3) is 0 Å². The molecule has 0 aromatic heterocycles. The third kappa shape index (κ3) is 4.55. The molecule has 1 N–H and O–H groups in total. The summed E-state index contributed by atoms with van der Waals surface area (Å²) in [5, 5.41) is 8.71. The highest BCUT2D eigenvalue weighted by Crippen LogP contribution is 2.24. The molecule has 0 bridgehead atoms. The topological polar surface area (TPSA) is 60.9 Å². The van der Waals surface area contributed by atoms with Gasteiger partial charge in [-0.3, -0.25) is 14.5 Å². The molecule has 1 saturated heterocycles. The van der Waals surface area contributed by atoms with E-state index < -0.39 is 12.4 Å². The smallest absolute Gasteiger partial charge is 0.312 e. The number of rotatable bonds is 5.